The van der Waals surface area contributed by atoms with Crippen molar-refractivity contribution >= 4 is 5.97 Å². The lowest BCUT2D eigenvalue weighted by Gasteiger charge is -2.46. The van der Waals surface area contributed by atoms with E-state index in [1.807, 2.05) is 20.8 Å². The summed E-state index contributed by atoms with van der Waals surface area (Å²) in [6, 6.07) is 0. The van der Waals surface area contributed by atoms with Crippen molar-refractivity contribution in [2.24, 2.45) is 11.3 Å². The maximum Gasteiger partial charge on any atom is 0.346 e. The van der Waals surface area contributed by atoms with E-state index < -0.39 is 5.97 Å². The Morgan fingerprint density at radius 2 is 2.21 bits per heavy atom. The van der Waals surface area contributed by atoms with Crippen LogP contribution in [0.2, 0.25) is 0 Å². The summed E-state index contributed by atoms with van der Waals surface area (Å²) in [5.41, 5.74) is 1.67. The van der Waals surface area contributed by atoms with Crippen LogP contribution in [0.4, 0.5) is 0 Å². The van der Waals surface area contributed by atoms with Gasteiger partial charge in [0.1, 0.15) is 0 Å². The Morgan fingerprint density at radius 1 is 1.64 bits per heavy atom. The lowest BCUT2D eigenvalue weighted by molar-refractivity contribution is -0.244. The molecule has 0 saturated heterocycles. The largest absolute Gasteiger partial charge is 0.392 e. The highest BCUT2D eigenvalue weighted by Gasteiger charge is 2.49. The third kappa shape index (κ3) is 1.55. The van der Waals surface area contributed by atoms with E-state index in [2.05, 4.69) is 4.89 Å². The normalized spacial score (nSPS) is 27.9. The topological polar surface area (TPSA) is 66.8 Å². The molecule has 2 N–H and O–H groups in total. The van der Waals surface area contributed by atoms with Gasteiger partial charge in [0, 0.05) is 0 Å². The number of allylic oxidation sites excluding steroid dienone is 1. The summed E-state index contributed by atoms with van der Waals surface area (Å²) in [4.78, 5) is 14.8. The third-order valence-electron chi connectivity index (χ3n) is 3.18. The van der Waals surface area contributed by atoms with Crippen LogP contribution in [0.5, 0.6) is 0 Å². The van der Waals surface area contributed by atoms with Crippen molar-refractivity contribution in [1.29, 1.82) is 0 Å². The average molecular weight is 200 g/mol. The number of hydrogen-bond acceptors (Lipinski definition) is 4. The van der Waals surface area contributed by atoms with Crippen LogP contribution in [0, 0.1) is 11.3 Å². The second kappa shape index (κ2) is 3.71. The van der Waals surface area contributed by atoms with E-state index >= 15 is 0 Å². The molecule has 4 heteroatoms. The van der Waals surface area contributed by atoms with Gasteiger partial charge in [0.2, 0.25) is 0 Å². The van der Waals surface area contributed by atoms with Gasteiger partial charge in [0.15, 0.2) is 0 Å². The quantitative estimate of drug-likeness (QED) is 0.401. The van der Waals surface area contributed by atoms with Crippen molar-refractivity contribution in [1.82, 2.24) is 0 Å². The first-order valence-electron chi connectivity index (χ1n) is 4.60. The van der Waals surface area contributed by atoms with Crippen molar-refractivity contribution < 1.29 is 20.0 Å². The number of carbonyl (C=O) groups is 1. The summed E-state index contributed by atoms with van der Waals surface area (Å²) >= 11 is 0. The zero-order chi connectivity index (χ0) is 10.9. The van der Waals surface area contributed by atoms with Gasteiger partial charge in [-0.05, 0) is 24.3 Å². The fourth-order valence-electron chi connectivity index (χ4n) is 2.06. The number of rotatable bonds is 2. The molecule has 1 aliphatic carbocycles. The predicted molar refractivity (Wildman–Crippen MR) is 50.4 cm³/mol. The van der Waals surface area contributed by atoms with E-state index in [4.69, 9.17) is 10.4 Å². The molecule has 0 amide bonds. The molecule has 1 atom stereocenters. The molecule has 0 aromatic heterocycles. The van der Waals surface area contributed by atoms with Crippen molar-refractivity contribution in [2.45, 2.75) is 27.2 Å². The number of hydrogen-bond donors (Lipinski definition) is 2. The van der Waals surface area contributed by atoms with Crippen LogP contribution in [0.3, 0.4) is 0 Å². The summed E-state index contributed by atoms with van der Waals surface area (Å²) in [7, 11) is 0. The maximum absolute atomic E-state index is 11.1. The molecular formula is C10H16O4. The Labute approximate surface area is 83.1 Å². The molecule has 80 valence electrons. The zero-order valence-corrected chi connectivity index (χ0v) is 8.70. The SMILES string of the molecule is C/C(CO)=C1/CC(C(=O)OO)C1(C)C. The Bertz CT molecular complexity index is 278. The first-order valence-corrected chi connectivity index (χ1v) is 4.60. The highest BCUT2D eigenvalue weighted by Crippen LogP contribution is 2.52. The Balaban J connectivity index is 2.83. The van der Waals surface area contributed by atoms with Gasteiger partial charge in [-0.15, -0.1) is 0 Å². The fraction of sp³-hybridized carbons (Fsp3) is 0.700. The van der Waals surface area contributed by atoms with E-state index in [0.29, 0.717) is 6.42 Å². The Morgan fingerprint density at radius 3 is 2.57 bits per heavy atom. The highest BCUT2D eigenvalue weighted by atomic mass is 17.1. The molecule has 0 aliphatic heterocycles. The average Bonchev–Trinajstić information content (AvgIpc) is 2.15. The van der Waals surface area contributed by atoms with Crippen LogP contribution in [0.1, 0.15) is 27.2 Å². The van der Waals surface area contributed by atoms with Crippen LogP contribution in [-0.2, 0) is 9.68 Å². The predicted octanol–water partition coefficient (Wildman–Crippen LogP) is 1.36. The van der Waals surface area contributed by atoms with Crippen molar-refractivity contribution in [3.63, 3.8) is 0 Å². The first-order chi connectivity index (χ1) is 6.45. The molecule has 0 aromatic carbocycles. The Hall–Kier alpha value is -0.870. The van der Waals surface area contributed by atoms with Crippen LogP contribution < -0.4 is 0 Å². The van der Waals surface area contributed by atoms with E-state index in [1.54, 1.807) is 0 Å². The first kappa shape index (κ1) is 11.2. The zero-order valence-electron chi connectivity index (χ0n) is 8.70. The number of aliphatic hydroxyl groups excluding tert-OH is 1. The summed E-state index contributed by atoms with van der Waals surface area (Å²) in [5.74, 6) is -0.895. The van der Waals surface area contributed by atoms with Gasteiger partial charge in [-0.1, -0.05) is 19.4 Å². The van der Waals surface area contributed by atoms with Crippen molar-refractivity contribution in [3.8, 4) is 0 Å². The van der Waals surface area contributed by atoms with Gasteiger partial charge >= 0.3 is 5.97 Å². The van der Waals surface area contributed by atoms with Crippen molar-refractivity contribution in [3.05, 3.63) is 11.1 Å². The molecule has 0 aromatic rings. The molecular weight excluding hydrogens is 184 g/mol. The summed E-state index contributed by atoms with van der Waals surface area (Å²) in [5, 5.41) is 17.2. The van der Waals surface area contributed by atoms with Gasteiger partial charge < -0.3 is 9.99 Å². The third-order valence-corrected chi connectivity index (χ3v) is 3.18. The molecule has 0 heterocycles. The van der Waals surface area contributed by atoms with Gasteiger partial charge in [0.05, 0.1) is 12.5 Å². The van der Waals surface area contributed by atoms with E-state index in [-0.39, 0.29) is 17.9 Å². The van der Waals surface area contributed by atoms with Gasteiger partial charge in [-0.3, -0.25) is 0 Å². The minimum absolute atomic E-state index is 0.0135. The molecule has 1 aliphatic rings. The number of carbonyl (C=O) groups excluding carboxylic acids is 1. The second-order valence-electron chi connectivity index (χ2n) is 4.31. The molecule has 0 radical (unpaired) electrons. The van der Waals surface area contributed by atoms with Crippen LogP contribution in [0.15, 0.2) is 11.1 Å². The van der Waals surface area contributed by atoms with E-state index in [9.17, 15) is 4.79 Å². The lowest BCUT2D eigenvalue weighted by Crippen LogP contribution is -2.44. The summed E-state index contributed by atoms with van der Waals surface area (Å²) < 4.78 is 0. The molecule has 1 unspecified atom stereocenters. The van der Waals surface area contributed by atoms with E-state index in [1.165, 1.54) is 0 Å². The number of aliphatic hydroxyl groups is 1. The maximum atomic E-state index is 11.1. The smallest absolute Gasteiger partial charge is 0.346 e. The van der Waals surface area contributed by atoms with Crippen LogP contribution >= 0.6 is 0 Å². The molecule has 1 fully saturated rings. The summed E-state index contributed by atoms with van der Waals surface area (Å²) in [6.45, 7) is 5.68. The van der Waals surface area contributed by atoms with Crippen LogP contribution in [0.25, 0.3) is 0 Å². The summed E-state index contributed by atoms with van der Waals surface area (Å²) in [6.07, 6.45) is 0.568. The second-order valence-corrected chi connectivity index (χ2v) is 4.31. The van der Waals surface area contributed by atoms with Gasteiger partial charge in [-0.2, -0.15) is 5.26 Å². The monoisotopic (exact) mass is 200 g/mol. The molecule has 4 nitrogen and oxygen atoms in total. The highest BCUT2D eigenvalue weighted by molar-refractivity contribution is 5.76. The van der Waals surface area contributed by atoms with E-state index in [0.717, 1.165) is 11.1 Å². The standard InChI is InChI=1S/C10H16O4/c1-6(5-11)7-4-8(9(12)14-13)10(7,2)3/h8,11,13H,4-5H2,1-3H3/b7-6+. The minimum Gasteiger partial charge on any atom is -0.392 e. The molecule has 14 heavy (non-hydrogen) atoms. The van der Waals surface area contributed by atoms with Crippen LogP contribution in [-0.4, -0.2) is 22.9 Å². The lowest BCUT2D eigenvalue weighted by atomic mass is 9.57. The minimum atomic E-state index is -0.593. The van der Waals surface area contributed by atoms with Crippen molar-refractivity contribution in [2.75, 3.05) is 6.61 Å². The molecule has 0 bridgehead atoms. The fourth-order valence-corrected chi connectivity index (χ4v) is 2.06. The van der Waals surface area contributed by atoms with Gasteiger partial charge in [0.25, 0.3) is 0 Å². The van der Waals surface area contributed by atoms with Gasteiger partial charge in [-0.25, -0.2) is 4.79 Å². The molecule has 0 spiro atoms. The molecule has 1 saturated carbocycles. The Kier molecular flexibility index (Phi) is 2.97. The molecule has 1 rings (SSSR count).